The third kappa shape index (κ3) is 9.23. The van der Waals surface area contributed by atoms with Gasteiger partial charge in [-0.25, -0.2) is 8.42 Å². The van der Waals surface area contributed by atoms with Gasteiger partial charge in [0.2, 0.25) is 11.8 Å². The van der Waals surface area contributed by atoms with Crippen LogP contribution in [0.1, 0.15) is 31.9 Å². The van der Waals surface area contributed by atoms with Crippen LogP contribution >= 0.6 is 34.8 Å². The van der Waals surface area contributed by atoms with Crippen LogP contribution < -0.4 is 9.62 Å². The number of rotatable bonds is 11. The first-order chi connectivity index (χ1) is 21.2. The van der Waals surface area contributed by atoms with Crippen molar-refractivity contribution in [1.29, 1.82) is 0 Å². The van der Waals surface area contributed by atoms with E-state index in [0.717, 1.165) is 9.87 Å². The van der Waals surface area contributed by atoms with E-state index in [4.69, 9.17) is 34.8 Å². The SMILES string of the molecule is CC(C)(C)NC(=O)C(Cc1ccccc1)N(Cc1cccc(Cl)c1)C(=O)CN(c1cc(Cl)ccc1Cl)S(=O)(=O)c1ccccc1. The molecule has 2 amide bonds. The molecule has 1 atom stereocenters. The first kappa shape index (κ1) is 34.3. The van der Waals surface area contributed by atoms with Crippen LogP contribution in [0.4, 0.5) is 5.69 Å². The Morgan fingerprint density at radius 1 is 0.778 bits per heavy atom. The van der Waals surface area contributed by atoms with Crippen molar-refractivity contribution in [3.8, 4) is 0 Å². The minimum absolute atomic E-state index is 0.0169. The number of carbonyl (C=O) groups excluding carboxylic acids is 2. The van der Waals surface area contributed by atoms with Crippen molar-refractivity contribution in [2.45, 2.75) is 50.2 Å². The molecule has 45 heavy (non-hydrogen) atoms. The number of sulfonamides is 1. The third-order valence-corrected chi connectivity index (χ3v) is 9.36. The van der Waals surface area contributed by atoms with Gasteiger partial charge in [-0.1, -0.05) is 95.5 Å². The van der Waals surface area contributed by atoms with Crippen molar-refractivity contribution in [3.63, 3.8) is 0 Å². The number of hydrogen-bond acceptors (Lipinski definition) is 4. The molecule has 1 unspecified atom stereocenters. The van der Waals surface area contributed by atoms with E-state index in [1.807, 2.05) is 51.1 Å². The molecule has 7 nitrogen and oxygen atoms in total. The first-order valence-electron chi connectivity index (χ1n) is 14.2. The normalized spacial score (nSPS) is 12.3. The molecule has 1 N–H and O–H groups in total. The van der Waals surface area contributed by atoms with Crippen molar-refractivity contribution < 1.29 is 18.0 Å². The van der Waals surface area contributed by atoms with Crippen LogP contribution in [0.5, 0.6) is 0 Å². The number of benzene rings is 4. The van der Waals surface area contributed by atoms with E-state index in [0.29, 0.717) is 10.6 Å². The Labute approximate surface area is 279 Å². The second-order valence-electron chi connectivity index (χ2n) is 11.5. The second-order valence-corrected chi connectivity index (χ2v) is 14.7. The molecule has 0 aliphatic rings. The maximum absolute atomic E-state index is 14.5. The standard InChI is InChI=1S/C34H34Cl3N3O4S/c1-34(2,3)38-33(42)31(20-24-11-6-4-7-12-24)39(22-25-13-10-14-26(35)19-25)32(41)23-40(30-21-27(36)17-18-29(30)37)45(43,44)28-15-8-5-9-16-28/h4-19,21,31H,20,22-23H2,1-3H3,(H,38,42). The summed E-state index contributed by atoms with van der Waals surface area (Å²) in [5.41, 5.74) is 0.911. The summed E-state index contributed by atoms with van der Waals surface area (Å²) in [4.78, 5) is 29.8. The second kappa shape index (κ2) is 14.7. The van der Waals surface area contributed by atoms with Gasteiger partial charge in [0.25, 0.3) is 10.0 Å². The molecule has 11 heteroatoms. The lowest BCUT2D eigenvalue weighted by molar-refractivity contribution is -0.140. The molecule has 0 saturated carbocycles. The van der Waals surface area contributed by atoms with Crippen molar-refractivity contribution in [2.24, 2.45) is 0 Å². The van der Waals surface area contributed by atoms with Crippen LogP contribution in [-0.2, 0) is 32.6 Å². The van der Waals surface area contributed by atoms with E-state index in [-0.39, 0.29) is 39.5 Å². The summed E-state index contributed by atoms with van der Waals surface area (Å²) in [5.74, 6) is -1.02. The zero-order valence-corrected chi connectivity index (χ0v) is 28.2. The van der Waals surface area contributed by atoms with Gasteiger partial charge in [-0.15, -0.1) is 0 Å². The fraction of sp³-hybridized carbons (Fsp3) is 0.235. The lowest BCUT2D eigenvalue weighted by atomic mass is 10.0. The van der Waals surface area contributed by atoms with Crippen molar-refractivity contribution in [3.05, 3.63) is 129 Å². The highest BCUT2D eigenvalue weighted by Crippen LogP contribution is 2.33. The van der Waals surface area contributed by atoms with Gasteiger partial charge in [0.1, 0.15) is 12.6 Å². The maximum Gasteiger partial charge on any atom is 0.264 e. The monoisotopic (exact) mass is 685 g/mol. The number of nitrogens with one attached hydrogen (secondary N) is 1. The quantitative estimate of drug-likeness (QED) is 0.178. The smallest absolute Gasteiger partial charge is 0.264 e. The zero-order chi connectivity index (χ0) is 32.8. The highest BCUT2D eigenvalue weighted by molar-refractivity contribution is 7.92. The largest absolute Gasteiger partial charge is 0.350 e. The van der Waals surface area contributed by atoms with Crippen LogP contribution in [0.3, 0.4) is 0 Å². The van der Waals surface area contributed by atoms with Gasteiger partial charge in [-0.2, -0.15) is 0 Å². The molecule has 236 valence electrons. The summed E-state index contributed by atoms with van der Waals surface area (Å²) in [6.07, 6.45) is 0.179. The average Bonchev–Trinajstić information content (AvgIpc) is 2.99. The Kier molecular flexibility index (Phi) is 11.2. The minimum Gasteiger partial charge on any atom is -0.350 e. The van der Waals surface area contributed by atoms with E-state index in [1.165, 1.54) is 35.2 Å². The highest BCUT2D eigenvalue weighted by Gasteiger charge is 2.36. The molecule has 4 aromatic rings. The summed E-state index contributed by atoms with van der Waals surface area (Å²) >= 11 is 19.1. The van der Waals surface area contributed by atoms with E-state index < -0.39 is 34.1 Å². The number of nitrogens with zero attached hydrogens (tertiary/aromatic N) is 2. The van der Waals surface area contributed by atoms with E-state index in [1.54, 1.807) is 42.5 Å². The van der Waals surface area contributed by atoms with Crippen molar-refractivity contribution >= 4 is 62.3 Å². The molecule has 0 aromatic heterocycles. The van der Waals surface area contributed by atoms with Gasteiger partial charge in [0, 0.05) is 28.5 Å². The van der Waals surface area contributed by atoms with Gasteiger partial charge in [-0.3, -0.25) is 13.9 Å². The molecule has 0 saturated heterocycles. The van der Waals surface area contributed by atoms with Crippen LogP contribution in [0.2, 0.25) is 15.1 Å². The van der Waals surface area contributed by atoms with Crippen molar-refractivity contribution in [1.82, 2.24) is 10.2 Å². The minimum atomic E-state index is -4.31. The molecule has 0 aliphatic heterocycles. The number of carbonyl (C=O) groups is 2. The average molecular weight is 687 g/mol. The summed E-state index contributed by atoms with van der Waals surface area (Å²) in [7, 11) is -4.31. The van der Waals surface area contributed by atoms with Gasteiger partial charge in [-0.05, 0) is 74.4 Å². The van der Waals surface area contributed by atoms with Gasteiger partial charge in [0.15, 0.2) is 0 Å². The molecule has 0 bridgehead atoms. The predicted molar refractivity (Wildman–Crippen MR) is 181 cm³/mol. The van der Waals surface area contributed by atoms with Gasteiger partial charge < -0.3 is 10.2 Å². The van der Waals surface area contributed by atoms with Crippen LogP contribution in [0, 0.1) is 0 Å². The van der Waals surface area contributed by atoms with Gasteiger partial charge in [0.05, 0.1) is 15.6 Å². The third-order valence-electron chi connectivity index (χ3n) is 6.80. The molecular weight excluding hydrogens is 653 g/mol. The molecule has 4 aromatic carbocycles. The zero-order valence-electron chi connectivity index (χ0n) is 25.1. The Balaban J connectivity index is 1.84. The molecular formula is C34H34Cl3N3O4S. The summed E-state index contributed by atoms with van der Waals surface area (Å²) in [5, 5.41) is 3.77. The molecule has 4 rings (SSSR count). The fourth-order valence-electron chi connectivity index (χ4n) is 4.75. The highest BCUT2D eigenvalue weighted by atomic mass is 35.5. The fourth-order valence-corrected chi connectivity index (χ4v) is 6.84. The summed E-state index contributed by atoms with van der Waals surface area (Å²) < 4.78 is 29.1. The number of amides is 2. The molecule has 0 aliphatic carbocycles. The predicted octanol–water partition coefficient (Wildman–Crippen LogP) is 7.40. The molecule has 0 heterocycles. The lowest BCUT2D eigenvalue weighted by Gasteiger charge is -2.35. The van der Waals surface area contributed by atoms with E-state index in [2.05, 4.69) is 5.32 Å². The summed E-state index contributed by atoms with van der Waals surface area (Å²) in [6.45, 7) is 4.87. The number of anilines is 1. The molecule has 0 radical (unpaired) electrons. The van der Waals surface area contributed by atoms with Crippen LogP contribution in [0.25, 0.3) is 0 Å². The van der Waals surface area contributed by atoms with Crippen molar-refractivity contribution in [2.75, 3.05) is 10.8 Å². The first-order valence-corrected chi connectivity index (χ1v) is 16.7. The van der Waals surface area contributed by atoms with Crippen LogP contribution in [-0.4, -0.2) is 43.3 Å². The van der Waals surface area contributed by atoms with Gasteiger partial charge >= 0.3 is 0 Å². The maximum atomic E-state index is 14.5. The lowest BCUT2D eigenvalue weighted by Crippen LogP contribution is -2.56. The van der Waals surface area contributed by atoms with Crippen LogP contribution in [0.15, 0.2) is 108 Å². The topological polar surface area (TPSA) is 86.8 Å². The Morgan fingerprint density at radius 3 is 2.00 bits per heavy atom. The molecule has 0 spiro atoms. The Morgan fingerprint density at radius 2 is 1.38 bits per heavy atom. The Bertz CT molecular complexity index is 1750. The number of halogens is 3. The molecule has 0 fully saturated rings. The van der Waals surface area contributed by atoms with E-state index in [9.17, 15) is 18.0 Å². The van der Waals surface area contributed by atoms with E-state index >= 15 is 0 Å². The number of hydrogen-bond donors (Lipinski definition) is 1. The summed E-state index contributed by atoms with van der Waals surface area (Å²) in [6, 6.07) is 27.4. The Hall–Kier alpha value is -3.56.